The second-order valence-corrected chi connectivity index (χ2v) is 6.53. The molecule has 0 bridgehead atoms. The molecule has 1 aromatic carbocycles. The monoisotopic (exact) mass is 332 g/mol. The Balaban J connectivity index is 1.75. The molecular weight excluding hydrogens is 308 g/mol. The summed E-state index contributed by atoms with van der Waals surface area (Å²) in [5.74, 6) is 0.717. The molecule has 2 aliphatic heterocycles. The largest absolute Gasteiger partial charge is 0.497 e. The summed E-state index contributed by atoms with van der Waals surface area (Å²) in [6.45, 7) is 4.50. The number of carbonyl (C=O) groups is 2. The van der Waals surface area contributed by atoms with Crippen LogP contribution in [0, 0.1) is 0 Å². The topological polar surface area (TPSA) is 59.1 Å². The summed E-state index contributed by atoms with van der Waals surface area (Å²) in [7, 11) is 1.59. The van der Waals surface area contributed by atoms with E-state index in [2.05, 4.69) is 0 Å². The molecule has 6 nitrogen and oxygen atoms in total. The van der Waals surface area contributed by atoms with Crippen LogP contribution in [0.3, 0.4) is 0 Å². The maximum absolute atomic E-state index is 12.8. The van der Waals surface area contributed by atoms with Crippen molar-refractivity contribution in [2.24, 2.45) is 0 Å². The number of methoxy groups -OCH3 is 1. The molecule has 2 heterocycles. The van der Waals surface area contributed by atoms with E-state index in [0.717, 1.165) is 19.4 Å². The third kappa shape index (κ3) is 3.38. The number of morpholine rings is 1. The van der Waals surface area contributed by atoms with E-state index >= 15 is 0 Å². The summed E-state index contributed by atoms with van der Waals surface area (Å²) in [5, 5.41) is 0. The summed E-state index contributed by atoms with van der Waals surface area (Å²) in [4.78, 5) is 28.2. The summed E-state index contributed by atoms with van der Waals surface area (Å²) < 4.78 is 11.2. The van der Waals surface area contributed by atoms with Crippen LogP contribution in [0.15, 0.2) is 24.3 Å². The minimum atomic E-state index is -0.434. The molecule has 0 N–H and O–H groups in total. The summed E-state index contributed by atoms with van der Waals surface area (Å²) in [6.07, 6.45) is 1.78. The lowest BCUT2D eigenvalue weighted by molar-refractivity contribution is -0.151. The van der Waals surface area contributed by atoms with Crippen LogP contribution in [0.5, 0.6) is 5.75 Å². The van der Waals surface area contributed by atoms with Crippen molar-refractivity contribution in [3.05, 3.63) is 29.8 Å². The second kappa shape index (κ2) is 6.81. The van der Waals surface area contributed by atoms with Gasteiger partial charge in [-0.2, -0.15) is 0 Å². The summed E-state index contributed by atoms with van der Waals surface area (Å²) in [6, 6.07) is 7.20. The van der Waals surface area contributed by atoms with E-state index in [1.807, 2.05) is 21.9 Å². The Morgan fingerprint density at radius 3 is 2.75 bits per heavy atom. The number of hydrogen-bond acceptors (Lipinski definition) is 4. The first kappa shape index (κ1) is 16.8. The van der Waals surface area contributed by atoms with Crippen LogP contribution < -0.4 is 4.74 Å². The van der Waals surface area contributed by atoms with E-state index in [1.165, 1.54) is 0 Å². The SMILES string of the molecule is COc1cccc(C(=O)N2CCOC3(CCCN(C(C)=O)C3)C2)c1. The van der Waals surface area contributed by atoms with Crippen molar-refractivity contribution < 1.29 is 19.1 Å². The number of carbonyl (C=O) groups excluding carboxylic acids is 2. The van der Waals surface area contributed by atoms with Crippen LogP contribution in [0.4, 0.5) is 0 Å². The molecule has 2 saturated heterocycles. The molecule has 0 radical (unpaired) electrons. The van der Waals surface area contributed by atoms with E-state index in [-0.39, 0.29) is 11.8 Å². The Morgan fingerprint density at radius 1 is 1.21 bits per heavy atom. The number of piperidine rings is 1. The van der Waals surface area contributed by atoms with Gasteiger partial charge in [0.1, 0.15) is 11.4 Å². The lowest BCUT2D eigenvalue weighted by Crippen LogP contribution is -2.61. The highest BCUT2D eigenvalue weighted by molar-refractivity contribution is 5.94. The minimum absolute atomic E-state index is 0.0171. The van der Waals surface area contributed by atoms with Crippen molar-refractivity contribution in [3.8, 4) is 5.75 Å². The van der Waals surface area contributed by atoms with Crippen molar-refractivity contribution >= 4 is 11.8 Å². The zero-order valence-electron chi connectivity index (χ0n) is 14.3. The fourth-order valence-corrected chi connectivity index (χ4v) is 3.57. The normalized spacial score (nSPS) is 24.1. The smallest absolute Gasteiger partial charge is 0.254 e. The van der Waals surface area contributed by atoms with Gasteiger partial charge in [0.25, 0.3) is 5.91 Å². The average molecular weight is 332 g/mol. The first-order valence-electron chi connectivity index (χ1n) is 8.36. The molecule has 1 unspecified atom stereocenters. The van der Waals surface area contributed by atoms with Gasteiger partial charge in [-0.1, -0.05) is 6.07 Å². The number of hydrogen-bond donors (Lipinski definition) is 0. The van der Waals surface area contributed by atoms with Crippen LogP contribution in [0.1, 0.15) is 30.1 Å². The molecular formula is C18H24N2O4. The fraction of sp³-hybridized carbons (Fsp3) is 0.556. The second-order valence-electron chi connectivity index (χ2n) is 6.53. The van der Waals surface area contributed by atoms with Gasteiger partial charge in [-0.15, -0.1) is 0 Å². The van der Waals surface area contributed by atoms with Crippen LogP contribution in [0.2, 0.25) is 0 Å². The number of rotatable bonds is 2. The predicted octanol–water partition coefficient (Wildman–Crippen LogP) is 1.55. The number of ether oxygens (including phenoxy) is 2. The van der Waals surface area contributed by atoms with Gasteiger partial charge in [0, 0.05) is 25.6 Å². The van der Waals surface area contributed by atoms with E-state index in [0.29, 0.717) is 37.6 Å². The summed E-state index contributed by atoms with van der Waals surface area (Å²) >= 11 is 0. The Bertz CT molecular complexity index is 629. The average Bonchev–Trinajstić information content (AvgIpc) is 2.61. The first-order chi connectivity index (χ1) is 11.5. The van der Waals surface area contributed by atoms with Gasteiger partial charge >= 0.3 is 0 Å². The van der Waals surface area contributed by atoms with Crippen LogP contribution in [-0.4, -0.2) is 67.1 Å². The maximum Gasteiger partial charge on any atom is 0.254 e. The molecule has 2 aliphatic rings. The van der Waals surface area contributed by atoms with Crippen molar-refractivity contribution in [2.45, 2.75) is 25.4 Å². The van der Waals surface area contributed by atoms with Gasteiger partial charge in [0.15, 0.2) is 0 Å². The van der Waals surface area contributed by atoms with Crippen LogP contribution in [0.25, 0.3) is 0 Å². The molecule has 2 amide bonds. The molecule has 0 aromatic heterocycles. The first-order valence-corrected chi connectivity index (χ1v) is 8.36. The van der Waals surface area contributed by atoms with Crippen LogP contribution in [-0.2, 0) is 9.53 Å². The molecule has 1 atom stereocenters. The lowest BCUT2D eigenvalue weighted by atomic mass is 9.90. The van der Waals surface area contributed by atoms with Crippen molar-refractivity contribution in [2.75, 3.05) is 39.9 Å². The molecule has 24 heavy (non-hydrogen) atoms. The molecule has 2 fully saturated rings. The van der Waals surface area contributed by atoms with Crippen LogP contribution >= 0.6 is 0 Å². The van der Waals surface area contributed by atoms with E-state index in [1.54, 1.807) is 26.2 Å². The number of amides is 2. The predicted molar refractivity (Wildman–Crippen MR) is 89.1 cm³/mol. The van der Waals surface area contributed by atoms with Gasteiger partial charge in [-0.3, -0.25) is 9.59 Å². The third-order valence-electron chi connectivity index (χ3n) is 4.84. The summed E-state index contributed by atoms with van der Waals surface area (Å²) in [5.41, 5.74) is 0.182. The van der Waals surface area contributed by atoms with E-state index in [9.17, 15) is 9.59 Å². The van der Waals surface area contributed by atoms with Gasteiger partial charge in [-0.05, 0) is 31.0 Å². The molecule has 1 spiro atoms. The highest BCUT2D eigenvalue weighted by atomic mass is 16.5. The highest BCUT2D eigenvalue weighted by Crippen LogP contribution is 2.30. The zero-order chi connectivity index (χ0) is 17.2. The standard InChI is InChI=1S/C18H24N2O4/c1-14(21)19-8-4-7-18(12-19)13-20(9-10-24-18)17(22)15-5-3-6-16(11-15)23-2/h3,5-6,11H,4,7-10,12-13H2,1-2H3. The molecule has 0 aliphatic carbocycles. The fourth-order valence-electron chi connectivity index (χ4n) is 3.57. The Morgan fingerprint density at radius 2 is 2.00 bits per heavy atom. The third-order valence-corrected chi connectivity index (χ3v) is 4.84. The Labute approximate surface area is 142 Å². The zero-order valence-corrected chi connectivity index (χ0v) is 14.3. The minimum Gasteiger partial charge on any atom is -0.497 e. The van der Waals surface area contributed by atoms with Gasteiger partial charge < -0.3 is 19.3 Å². The molecule has 6 heteroatoms. The number of nitrogens with zero attached hydrogens (tertiary/aromatic N) is 2. The quantitative estimate of drug-likeness (QED) is 0.824. The maximum atomic E-state index is 12.8. The van der Waals surface area contributed by atoms with Gasteiger partial charge in [0.2, 0.25) is 5.91 Å². The molecule has 0 saturated carbocycles. The van der Waals surface area contributed by atoms with Gasteiger partial charge in [0.05, 0.1) is 26.8 Å². The van der Waals surface area contributed by atoms with E-state index < -0.39 is 5.60 Å². The Kier molecular flexibility index (Phi) is 4.76. The van der Waals surface area contributed by atoms with Crippen molar-refractivity contribution in [3.63, 3.8) is 0 Å². The molecule has 130 valence electrons. The Hall–Kier alpha value is -2.08. The lowest BCUT2D eigenvalue weighted by Gasteiger charge is -2.47. The van der Waals surface area contributed by atoms with Crippen molar-refractivity contribution in [1.82, 2.24) is 9.80 Å². The van der Waals surface area contributed by atoms with E-state index in [4.69, 9.17) is 9.47 Å². The number of benzene rings is 1. The highest BCUT2D eigenvalue weighted by Gasteiger charge is 2.42. The molecule has 3 rings (SSSR count). The van der Waals surface area contributed by atoms with Crippen molar-refractivity contribution in [1.29, 1.82) is 0 Å². The van der Waals surface area contributed by atoms with Gasteiger partial charge in [-0.25, -0.2) is 0 Å². The molecule has 1 aromatic rings. The number of likely N-dealkylation sites (tertiary alicyclic amines) is 1.